The van der Waals surface area contributed by atoms with Gasteiger partial charge in [0.2, 0.25) is 0 Å². The van der Waals surface area contributed by atoms with E-state index in [2.05, 4.69) is 34.7 Å². The number of rotatable bonds is 8. The first-order valence-electron chi connectivity index (χ1n) is 9.85. The van der Waals surface area contributed by atoms with Crippen LogP contribution in [0.4, 0.5) is 4.39 Å². The molecule has 1 saturated carbocycles. The molecule has 0 aliphatic heterocycles. The molecule has 0 saturated heterocycles. The van der Waals surface area contributed by atoms with Gasteiger partial charge in [-0.2, -0.15) is 0 Å². The van der Waals surface area contributed by atoms with Gasteiger partial charge >= 0.3 is 0 Å². The molecule has 0 bridgehead atoms. The molecule has 1 aromatic carbocycles. The summed E-state index contributed by atoms with van der Waals surface area (Å²) in [5.74, 6) is 0.707. The van der Waals surface area contributed by atoms with E-state index in [4.69, 9.17) is 0 Å². The molecule has 0 amide bonds. The molecular weight excluding hydrogens is 311 g/mol. The van der Waals surface area contributed by atoms with E-state index >= 15 is 0 Å². The van der Waals surface area contributed by atoms with E-state index < -0.39 is 0 Å². The quantitative estimate of drug-likeness (QED) is 0.618. The Morgan fingerprint density at radius 1 is 1.08 bits per heavy atom. The summed E-state index contributed by atoms with van der Waals surface area (Å²) in [5, 5.41) is 0. The molecule has 3 rings (SSSR count). The van der Waals surface area contributed by atoms with Crippen LogP contribution in [0.5, 0.6) is 0 Å². The first kappa shape index (κ1) is 18.2. The minimum absolute atomic E-state index is 0.168. The van der Waals surface area contributed by atoms with E-state index in [1.54, 1.807) is 12.1 Å². The van der Waals surface area contributed by atoms with Crippen LogP contribution in [0.25, 0.3) is 0 Å². The molecule has 136 valence electrons. The number of nitrogens with zero attached hydrogens (tertiary/aromatic N) is 2. The lowest BCUT2D eigenvalue weighted by Crippen LogP contribution is -2.31. The second-order valence-electron chi connectivity index (χ2n) is 7.49. The fourth-order valence-corrected chi connectivity index (χ4v) is 4.05. The van der Waals surface area contributed by atoms with Gasteiger partial charge < -0.3 is 4.57 Å². The average molecular weight is 343 g/mol. The van der Waals surface area contributed by atoms with E-state index in [1.807, 2.05) is 12.1 Å². The van der Waals surface area contributed by atoms with Crippen molar-refractivity contribution in [1.29, 1.82) is 0 Å². The van der Waals surface area contributed by atoms with Crippen LogP contribution in [0, 0.1) is 11.7 Å². The Bertz CT molecular complexity index is 626. The standard InChI is InChI=1S/C22H31FN2/c1-2-14-24(16-19-7-4-3-5-8-19)18-22-9-6-15-25(22)17-20-10-12-21(23)13-11-20/h6,9-13,15,19H,2-5,7-8,14,16-18H2,1H3. The highest BCUT2D eigenvalue weighted by molar-refractivity contribution is 5.18. The minimum atomic E-state index is -0.168. The van der Waals surface area contributed by atoms with E-state index in [-0.39, 0.29) is 5.82 Å². The number of hydrogen-bond donors (Lipinski definition) is 0. The smallest absolute Gasteiger partial charge is 0.123 e. The van der Waals surface area contributed by atoms with Gasteiger partial charge in [0.05, 0.1) is 0 Å². The molecule has 1 aromatic heterocycles. The van der Waals surface area contributed by atoms with E-state index in [0.717, 1.165) is 31.1 Å². The van der Waals surface area contributed by atoms with Gasteiger partial charge in [-0.25, -0.2) is 4.39 Å². The Labute approximate surface area is 151 Å². The molecule has 1 aliphatic rings. The van der Waals surface area contributed by atoms with E-state index in [1.165, 1.54) is 50.8 Å². The molecule has 0 N–H and O–H groups in total. The van der Waals surface area contributed by atoms with E-state index in [9.17, 15) is 4.39 Å². The fraction of sp³-hybridized carbons (Fsp3) is 0.545. The summed E-state index contributed by atoms with van der Waals surface area (Å²) in [4.78, 5) is 2.63. The normalized spacial score (nSPS) is 15.8. The average Bonchev–Trinajstić information content (AvgIpc) is 3.05. The van der Waals surface area contributed by atoms with Gasteiger partial charge in [-0.05, 0) is 61.6 Å². The van der Waals surface area contributed by atoms with Gasteiger partial charge in [0.1, 0.15) is 5.82 Å². The molecule has 25 heavy (non-hydrogen) atoms. The van der Waals surface area contributed by atoms with Crippen molar-refractivity contribution < 1.29 is 4.39 Å². The third kappa shape index (κ3) is 5.43. The molecule has 0 spiro atoms. The summed E-state index contributed by atoms with van der Waals surface area (Å²) in [5.41, 5.74) is 2.50. The minimum Gasteiger partial charge on any atom is -0.346 e. The highest BCUT2D eigenvalue weighted by Crippen LogP contribution is 2.25. The maximum absolute atomic E-state index is 13.1. The Balaban J connectivity index is 1.63. The second-order valence-corrected chi connectivity index (χ2v) is 7.49. The van der Waals surface area contributed by atoms with Crippen LogP contribution >= 0.6 is 0 Å². The molecule has 1 heterocycles. The lowest BCUT2D eigenvalue weighted by Gasteiger charge is -2.30. The third-order valence-corrected chi connectivity index (χ3v) is 5.36. The molecule has 0 atom stereocenters. The Morgan fingerprint density at radius 3 is 2.56 bits per heavy atom. The summed E-state index contributed by atoms with van der Waals surface area (Å²) in [6.07, 6.45) is 10.4. The van der Waals surface area contributed by atoms with Crippen molar-refractivity contribution in [3.8, 4) is 0 Å². The highest BCUT2D eigenvalue weighted by Gasteiger charge is 2.18. The molecule has 0 radical (unpaired) electrons. The number of aromatic nitrogens is 1. The predicted octanol–water partition coefficient (Wildman–Crippen LogP) is 5.47. The van der Waals surface area contributed by atoms with Crippen molar-refractivity contribution in [2.24, 2.45) is 5.92 Å². The van der Waals surface area contributed by atoms with Gasteiger partial charge in [0.15, 0.2) is 0 Å². The second kappa shape index (κ2) is 9.19. The monoisotopic (exact) mass is 342 g/mol. The summed E-state index contributed by atoms with van der Waals surface area (Å²) < 4.78 is 15.4. The third-order valence-electron chi connectivity index (χ3n) is 5.36. The summed E-state index contributed by atoms with van der Waals surface area (Å²) in [6, 6.07) is 11.2. The predicted molar refractivity (Wildman–Crippen MR) is 102 cm³/mol. The number of halogens is 1. The van der Waals surface area contributed by atoms with Crippen LogP contribution in [0.1, 0.15) is 56.7 Å². The van der Waals surface area contributed by atoms with Gasteiger partial charge in [0, 0.05) is 31.5 Å². The van der Waals surface area contributed by atoms with Crippen molar-refractivity contribution in [2.75, 3.05) is 13.1 Å². The van der Waals surface area contributed by atoms with Gasteiger partial charge in [-0.3, -0.25) is 4.90 Å². The lowest BCUT2D eigenvalue weighted by atomic mass is 9.89. The van der Waals surface area contributed by atoms with Crippen LogP contribution in [-0.4, -0.2) is 22.6 Å². The van der Waals surface area contributed by atoms with Crippen LogP contribution < -0.4 is 0 Å². The highest BCUT2D eigenvalue weighted by atomic mass is 19.1. The van der Waals surface area contributed by atoms with Gasteiger partial charge in [0.25, 0.3) is 0 Å². The molecule has 0 unspecified atom stereocenters. The number of benzene rings is 1. The molecule has 1 fully saturated rings. The summed E-state index contributed by atoms with van der Waals surface area (Å²) in [7, 11) is 0. The molecule has 3 heteroatoms. The number of hydrogen-bond acceptors (Lipinski definition) is 1. The zero-order valence-electron chi connectivity index (χ0n) is 15.5. The Morgan fingerprint density at radius 2 is 1.84 bits per heavy atom. The van der Waals surface area contributed by atoms with E-state index in [0.29, 0.717) is 0 Å². The zero-order chi connectivity index (χ0) is 17.5. The summed E-state index contributed by atoms with van der Waals surface area (Å²) in [6.45, 7) is 6.49. The SMILES string of the molecule is CCCN(Cc1cccn1Cc1ccc(F)cc1)CC1CCCCC1. The van der Waals surface area contributed by atoms with Crippen LogP contribution in [-0.2, 0) is 13.1 Å². The van der Waals surface area contributed by atoms with Crippen molar-refractivity contribution in [2.45, 2.75) is 58.5 Å². The maximum atomic E-state index is 13.1. The van der Waals surface area contributed by atoms with Gasteiger partial charge in [-0.1, -0.05) is 38.3 Å². The zero-order valence-corrected chi connectivity index (χ0v) is 15.5. The van der Waals surface area contributed by atoms with Crippen molar-refractivity contribution in [1.82, 2.24) is 9.47 Å². The molecule has 2 aromatic rings. The van der Waals surface area contributed by atoms with Crippen LogP contribution in [0.3, 0.4) is 0 Å². The van der Waals surface area contributed by atoms with Crippen molar-refractivity contribution in [3.05, 3.63) is 59.7 Å². The molecular formula is C22H31FN2. The first-order chi connectivity index (χ1) is 12.2. The Hall–Kier alpha value is -1.61. The Kier molecular flexibility index (Phi) is 6.69. The topological polar surface area (TPSA) is 8.17 Å². The van der Waals surface area contributed by atoms with Crippen LogP contribution in [0.15, 0.2) is 42.6 Å². The van der Waals surface area contributed by atoms with Crippen LogP contribution in [0.2, 0.25) is 0 Å². The summed E-state index contributed by atoms with van der Waals surface area (Å²) >= 11 is 0. The fourth-order valence-electron chi connectivity index (χ4n) is 4.05. The van der Waals surface area contributed by atoms with Crippen molar-refractivity contribution in [3.63, 3.8) is 0 Å². The lowest BCUT2D eigenvalue weighted by molar-refractivity contribution is 0.190. The largest absolute Gasteiger partial charge is 0.346 e. The van der Waals surface area contributed by atoms with Crippen molar-refractivity contribution >= 4 is 0 Å². The first-order valence-corrected chi connectivity index (χ1v) is 9.85. The maximum Gasteiger partial charge on any atom is 0.123 e. The molecule has 1 aliphatic carbocycles. The molecule has 2 nitrogen and oxygen atoms in total. The van der Waals surface area contributed by atoms with Gasteiger partial charge in [-0.15, -0.1) is 0 Å².